The monoisotopic (exact) mass is 431 g/mol. The van der Waals surface area contributed by atoms with E-state index in [0.717, 1.165) is 22.4 Å². The maximum atomic E-state index is 12.8. The summed E-state index contributed by atoms with van der Waals surface area (Å²) in [5.74, 6) is 1.03. The minimum atomic E-state index is -0.449. The largest absolute Gasteiger partial charge is 0.488 e. The van der Waals surface area contributed by atoms with Gasteiger partial charge in [-0.3, -0.25) is 10.1 Å². The van der Waals surface area contributed by atoms with Crippen LogP contribution in [0.4, 0.5) is 5.95 Å². The molecule has 0 aliphatic rings. The molecule has 0 spiro atoms. The zero-order chi connectivity index (χ0) is 22.7. The number of ether oxygens (including phenoxy) is 1. The summed E-state index contributed by atoms with van der Waals surface area (Å²) in [6.45, 7) is 8.55. The lowest BCUT2D eigenvalue weighted by Gasteiger charge is -2.10. The average molecular weight is 431 g/mol. The number of anilines is 1. The van der Waals surface area contributed by atoms with Crippen molar-refractivity contribution < 1.29 is 14.1 Å². The summed E-state index contributed by atoms with van der Waals surface area (Å²) in [6, 6.07) is 13.9. The quantitative estimate of drug-likeness (QED) is 0.467. The lowest BCUT2D eigenvalue weighted by molar-refractivity contribution is 0.101. The van der Waals surface area contributed by atoms with Gasteiger partial charge in [0.25, 0.3) is 5.91 Å². The second-order valence-electron chi connectivity index (χ2n) is 7.70. The molecule has 0 fully saturated rings. The first-order valence-corrected chi connectivity index (χ1v) is 10.3. The van der Waals surface area contributed by atoms with Crippen molar-refractivity contribution in [2.45, 2.75) is 40.8 Å². The number of rotatable bonds is 7. The third kappa shape index (κ3) is 4.54. The molecule has 2 aromatic carbocycles. The Morgan fingerprint density at radius 3 is 2.66 bits per heavy atom. The van der Waals surface area contributed by atoms with Crippen LogP contribution in [0, 0.1) is 27.7 Å². The number of benzene rings is 2. The molecule has 1 N–H and O–H groups in total. The molecular formula is C24H25N5O3. The van der Waals surface area contributed by atoms with Crippen LogP contribution in [0.1, 0.15) is 44.1 Å². The molecule has 32 heavy (non-hydrogen) atoms. The SMILES string of the molecule is Cc1ccccc1Cn1cnc(NC(=O)c2noc(C)c2COc2cccc(C)c2C)n1. The molecule has 8 nitrogen and oxygen atoms in total. The van der Waals surface area contributed by atoms with Crippen LogP contribution in [0.3, 0.4) is 0 Å². The molecule has 0 unspecified atom stereocenters. The van der Waals surface area contributed by atoms with Crippen molar-refractivity contribution >= 4 is 11.9 Å². The Bertz CT molecular complexity index is 1260. The zero-order valence-electron chi connectivity index (χ0n) is 18.5. The van der Waals surface area contributed by atoms with Gasteiger partial charge < -0.3 is 9.26 Å². The van der Waals surface area contributed by atoms with Crippen molar-refractivity contribution in [3.05, 3.63) is 88.1 Å². The summed E-state index contributed by atoms with van der Waals surface area (Å²) in [5, 5.41) is 11.0. The topological polar surface area (TPSA) is 95.1 Å². The molecule has 8 heteroatoms. The second kappa shape index (κ2) is 9.05. The number of carbonyl (C=O) groups excluding carboxylic acids is 1. The number of hydrogen-bond acceptors (Lipinski definition) is 6. The molecule has 2 aromatic heterocycles. The highest BCUT2D eigenvalue weighted by atomic mass is 16.5. The van der Waals surface area contributed by atoms with Crippen LogP contribution in [0.2, 0.25) is 0 Å². The Kier molecular flexibility index (Phi) is 6.02. The molecule has 0 bridgehead atoms. The Hall–Kier alpha value is -3.94. The number of nitrogens with zero attached hydrogens (tertiary/aromatic N) is 4. The van der Waals surface area contributed by atoms with Crippen molar-refractivity contribution in [2.75, 3.05) is 5.32 Å². The van der Waals surface area contributed by atoms with Crippen LogP contribution in [-0.4, -0.2) is 25.8 Å². The van der Waals surface area contributed by atoms with Gasteiger partial charge in [-0.25, -0.2) is 9.67 Å². The number of aromatic nitrogens is 4. The molecule has 0 aliphatic heterocycles. The van der Waals surface area contributed by atoms with Gasteiger partial charge >= 0.3 is 0 Å². The van der Waals surface area contributed by atoms with Crippen molar-refractivity contribution in [3.8, 4) is 5.75 Å². The lowest BCUT2D eigenvalue weighted by atomic mass is 10.1. The van der Waals surface area contributed by atoms with E-state index in [2.05, 4.69) is 20.6 Å². The van der Waals surface area contributed by atoms with Crippen LogP contribution >= 0.6 is 0 Å². The minimum absolute atomic E-state index is 0.156. The maximum Gasteiger partial charge on any atom is 0.280 e. The third-order valence-electron chi connectivity index (χ3n) is 5.48. The maximum absolute atomic E-state index is 12.8. The molecule has 0 radical (unpaired) electrons. The van der Waals surface area contributed by atoms with Gasteiger partial charge in [-0.15, -0.1) is 5.10 Å². The highest BCUT2D eigenvalue weighted by Gasteiger charge is 2.22. The van der Waals surface area contributed by atoms with Crippen LogP contribution in [0.25, 0.3) is 0 Å². The predicted octanol–water partition coefficient (Wildman–Crippen LogP) is 4.38. The lowest BCUT2D eigenvalue weighted by Crippen LogP contribution is -2.16. The molecule has 0 atom stereocenters. The van der Waals surface area contributed by atoms with E-state index in [-0.39, 0.29) is 18.2 Å². The highest BCUT2D eigenvalue weighted by molar-refractivity contribution is 6.02. The third-order valence-corrected chi connectivity index (χ3v) is 5.48. The van der Waals surface area contributed by atoms with E-state index in [1.54, 1.807) is 17.9 Å². The number of hydrogen-bond donors (Lipinski definition) is 1. The molecule has 164 valence electrons. The number of carbonyl (C=O) groups is 1. The van der Waals surface area contributed by atoms with Gasteiger partial charge in [0.1, 0.15) is 24.4 Å². The van der Waals surface area contributed by atoms with Gasteiger partial charge in [-0.2, -0.15) is 0 Å². The Morgan fingerprint density at radius 2 is 1.84 bits per heavy atom. The van der Waals surface area contributed by atoms with Crippen LogP contribution in [0.15, 0.2) is 53.3 Å². The van der Waals surface area contributed by atoms with E-state index < -0.39 is 5.91 Å². The Morgan fingerprint density at radius 1 is 1.06 bits per heavy atom. The smallest absolute Gasteiger partial charge is 0.280 e. The summed E-state index contributed by atoms with van der Waals surface area (Å²) in [7, 11) is 0. The van der Waals surface area contributed by atoms with Gasteiger partial charge in [0.05, 0.1) is 12.1 Å². The van der Waals surface area contributed by atoms with E-state index in [0.29, 0.717) is 17.9 Å². The first-order chi connectivity index (χ1) is 15.4. The van der Waals surface area contributed by atoms with Crippen LogP contribution in [0.5, 0.6) is 5.75 Å². The standard InChI is InChI=1S/C24H25N5O3/c1-15-9-7-11-21(17(15)3)31-13-20-18(4)32-28-22(20)23(30)26-24-25-14-29(27-24)12-19-10-6-5-8-16(19)2/h5-11,14H,12-13H2,1-4H3,(H,26,27,30). The van der Waals surface area contributed by atoms with Gasteiger partial charge in [-0.05, 0) is 56.0 Å². The van der Waals surface area contributed by atoms with E-state index >= 15 is 0 Å². The summed E-state index contributed by atoms with van der Waals surface area (Å²) in [4.78, 5) is 17.0. The highest BCUT2D eigenvalue weighted by Crippen LogP contribution is 2.23. The zero-order valence-corrected chi connectivity index (χ0v) is 18.5. The number of amides is 1. The molecule has 4 rings (SSSR count). The predicted molar refractivity (Wildman–Crippen MR) is 120 cm³/mol. The second-order valence-corrected chi connectivity index (χ2v) is 7.70. The molecule has 0 saturated carbocycles. The van der Waals surface area contributed by atoms with Crippen LogP contribution in [-0.2, 0) is 13.2 Å². The molecule has 1 amide bonds. The first kappa shape index (κ1) is 21.3. The van der Waals surface area contributed by atoms with Crippen molar-refractivity contribution in [1.82, 2.24) is 19.9 Å². The number of nitrogens with one attached hydrogen (secondary N) is 1. The van der Waals surface area contributed by atoms with Gasteiger partial charge in [0, 0.05) is 0 Å². The molecular weight excluding hydrogens is 406 g/mol. The summed E-state index contributed by atoms with van der Waals surface area (Å²) in [5.41, 5.74) is 5.23. The minimum Gasteiger partial charge on any atom is -0.488 e. The van der Waals surface area contributed by atoms with Gasteiger partial charge in [0.2, 0.25) is 5.95 Å². The molecule has 0 aliphatic carbocycles. The van der Waals surface area contributed by atoms with Crippen molar-refractivity contribution in [1.29, 1.82) is 0 Å². The molecule has 4 aromatic rings. The van der Waals surface area contributed by atoms with Crippen LogP contribution < -0.4 is 10.1 Å². The van der Waals surface area contributed by atoms with Gasteiger partial charge in [-0.1, -0.05) is 41.6 Å². The number of aryl methyl sites for hydroxylation is 3. The van der Waals surface area contributed by atoms with Crippen molar-refractivity contribution in [3.63, 3.8) is 0 Å². The Balaban J connectivity index is 1.45. The van der Waals surface area contributed by atoms with E-state index in [4.69, 9.17) is 9.26 Å². The van der Waals surface area contributed by atoms with E-state index in [1.165, 1.54) is 5.56 Å². The fourth-order valence-electron chi connectivity index (χ4n) is 3.32. The fourth-order valence-corrected chi connectivity index (χ4v) is 3.32. The normalized spacial score (nSPS) is 10.9. The molecule has 2 heterocycles. The van der Waals surface area contributed by atoms with E-state index in [1.807, 2.05) is 63.2 Å². The Labute approximate surface area is 186 Å². The van der Waals surface area contributed by atoms with E-state index in [9.17, 15) is 4.79 Å². The summed E-state index contributed by atoms with van der Waals surface area (Å²) in [6.07, 6.45) is 1.58. The summed E-state index contributed by atoms with van der Waals surface area (Å²) < 4.78 is 12.9. The van der Waals surface area contributed by atoms with Gasteiger partial charge in [0.15, 0.2) is 5.69 Å². The average Bonchev–Trinajstić information content (AvgIpc) is 3.37. The summed E-state index contributed by atoms with van der Waals surface area (Å²) >= 11 is 0. The fraction of sp³-hybridized carbons (Fsp3) is 0.250. The van der Waals surface area contributed by atoms with Crippen molar-refractivity contribution in [2.24, 2.45) is 0 Å². The molecule has 0 saturated heterocycles. The first-order valence-electron chi connectivity index (χ1n) is 10.3.